The van der Waals surface area contributed by atoms with E-state index in [4.69, 9.17) is 9.47 Å². The van der Waals surface area contributed by atoms with E-state index in [0.29, 0.717) is 30.5 Å². The fourth-order valence-corrected chi connectivity index (χ4v) is 4.62. The molecule has 1 aliphatic heterocycles. The average molecular weight is 443 g/mol. The lowest BCUT2D eigenvalue weighted by molar-refractivity contribution is -0.148. The number of likely N-dealkylation sites (tertiary alicyclic amines) is 1. The van der Waals surface area contributed by atoms with Gasteiger partial charge in [-0.3, -0.25) is 9.69 Å². The Hall–Kier alpha value is -2.20. The molecular formula is C20H24F3N3O3S. The van der Waals surface area contributed by atoms with Gasteiger partial charge in [0.15, 0.2) is 0 Å². The van der Waals surface area contributed by atoms with Gasteiger partial charge in [0.25, 0.3) is 0 Å². The number of hydrogen-bond donors (Lipinski definition) is 0. The van der Waals surface area contributed by atoms with Gasteiger partial charge in [-0.25, -0.2) is 9.97 Å². The van der Waals surface area contributed by atoms with E-state index < -0.39 is 11.9 Å². The summed E-state index contributed by atoms with van der Waals surface area (Å²) in [5.74, 6) is 0.212. The third-order valence-corrected chi connectivity index (χ3v) is 5.85. The molecule has 0 saturated carbocycles. The zero-order chi connectivity index (χ0) is 21.9. The van der Waals surface area contributed by atoms with Crippen molar-refractivity contribution in [2.45, 2.75) is 33.0 Å². The second kappa shape index (κ2) is 9.30. The molecular weight excluding hydrogens is 419 g/mol. The predicted octanol–water partition coefficient (Wildman–Crippen LogP) is 4.25. The first-order chi connectivity index (χ1) is 14.2. The molecule has 2 atom stereocenters. The Bertz CT molecular complexity index is 888. The fourth-order valence-electron chi connectivity index (χ4n) is 3.67. The van der Waals surface area contributed by atoms with Gasteiger partial charge in [0.1, 0.15) is 22.1 Å². The van der Waals surface area contributed by atoms with Crippen molar-refractivity contribution in [1.82, 2.24) is 14.9 Å². The van der Waals surface area contributed by atoms with Crippen molar-refractivity contribution in [3.63, 3.8) is 0 Å². The Labute approximate surface area is 177 Å². The molecule has 3 rings (SSSR count). The molecule has 164 valence electrons. The lowest BCUT2D eigenvalue weighted by Crippen LogP contribution is -2.42. The van der Waals surface area contributed by atoms with E-state index in [1.807, 2.05) is 0 Å². The molecule has 0 aromatic carbocycles. The number of rotatable bonds is 6. The molecule has 0 N–H and O–H groups in total. The van der Waals surface area contributed by atoms with Crippen molar-refractivity contribution in [3.8, 4) is 16.3 Å². The molecule has 1 saturated heterocycles. The van der Waals surface area contributed by atoms with E-state index in [1.165, 1.54) is 30.7 Å². The normalized spacial score (nSPS) is 20.2. The first-order valence-corrected chi connectivity index (χ1v) is 10.5. The molecule has 10 heteroatoms. The number of pyridine rings is 1. The molecule has 6 nitrogen and oxygen atoms in total. The third kappa shape index (κ3) is 5.28. The van der Waals surface area contributed by atoms with Gasteiger partial charge in [0.05, 0.1) is 31.1 Å². The van der Waals surface area contributed by atoms with Crippen LogP contribution in [0.15, 0.2) is 18.3 Å². The van der Waals surface area contributed by atoms with Crippen molar-refractivity contribution in [2.24, 2.45) is 11.8 Å². The number of piperidine rings is 1. The number of aromatic nitrogens is 2. The van der Waals surface area contributed by atoms with Gasteiger partial charge in [-0.1, -0.05) is 6.92 Å². The van der Waals surface area contributed by atoms with Crippen LogP contribution in [-0.2, 0) is 22.3 Å². The van der Waals surface area contributed by atoms with Crippen LogP contribution in [0.5, 0.6) is 5.75 Å². The summed E-state index contributed by atoms with van der Waals surface area (Å²) in [5.41, 5.74) is -0.837. The highest BCUT2D eigenvalue weighted by Gasteiger charge is 2.34. The number of carbonyl (C=O) groups is 1. The van der Waals surface area contributed by atoms with Crippen LogP contribution >= 0.6 is 11.3 Å². The minimum atomic E-state index is -4.54. The number of nitrogens with zero attached hydrogens (tertiary/aromatic N) is 3. The van der Waals surface area contributed by atoms with Crippen molar-refractivity contribution in [1.29, 1.82) is 0 Å². The van der Waals surface area contributed by atoms with Gasteiger partial charge in [-0.05, 0) is 31.4 Å². The molecule has 2 aromatic rings. The summed E-state index contributed by atoms with van der Waals surface area (Å²) >= 11 is 1.28. The molecule has 1 unspecified atom stereocenters. The van der Waals surface area contributed by atoms with Crippen LogP contribution in [0.3, 0.4) is 0 Å². The Kier molecular flexibility index (Phi) is 6.97. The van der Waals surface area contributed by atoms with E-state index in [1.54, 1.807) is 6.92 Å². The number of thiazole rings is 1. The van der Waals surface area contributed by atoms with Crippen LogP contribution < -0.4 is 4.74 Å². The fraction of sp³-hybridized carbons (Fsp3) is 0.550. The quantitative estimate of drug-likeness (QED) is 0.622. The summed E-state index contributed by atoms with van der Waals surface area (Å²) in [7, 11) is 1.39. The van der Waals surface area contributed by atoms with E-state index in [9.17, 15) is 18.0 Å². The first kappa shape index (κ1) is 22.5. The van der Waals surface area contributed by atoms with Gasteiger partial charge in [-0.2, -0.15) is 13.2 Å². The molecule has 1 fully saturated rings. The Morgan fingerprint density at radius 1 is 1.33 bits per heavy atom. The average Bonchev–Trinajstić information content (AvgIpc) is 3.14. The zero-order valence-corrected chi connectivity index (χ0v) is 17.8. The maximum atomic E-state index is 13.1. The SMILES string of the molecule is CCOc1ccc(C(F)(F)F)nc1-c1cnc(CN2CC(C)C[C@@H](C(=O)OC)C2)s1. The number of hydrogen-bond acceptors (Lipinski definition) is 7. The van der Waals surface area contributed by atoms with Crippen molar-refractivity contribution in [3.05, 3.63) is 29.0 Å². The second-order valence-corrected chi connectivity index (χ2v) is 8.46. The van der Waals surface area contributed by atoms with Gasteiger partial charge in [0, 0.05) is 19.3 Å². The van der Waals surface area contributed by atoms with Gasteiger partial charge in [0.2, 0.25) is 0 Å². The van der Waals surface area contributed by atoms with Crippen LogP contribution in [0.2, 0.25) is 0 Å². The molecule has 2 aromatic heterocycles. The van der Waals surface area contributed by atoms with Crippen LogP contribution in [-0.4, -0.2) is 47.6 Å². The number of methoxy groups -OCH3 is 1. The summed E-state index contributed by atoms with van der Waals surface area (Å²) in [5, 5.41) is 0.740. The van der Waals surface area contributed by atoms with E-state index in [-0.39, 0.29) is 23.3 Å². The lowest BCUT2D eigenvalue weighted by Gasteiger charge is -2.34. The number of ether oxygens (including phenoxy) is 2. The van der Waals surface area contributed by atoms with E-state index >= 15 is 0 Å². The minimum Gasteiger partial charge on any atom is -0.492 e. The molecule has 1 aliphatic rings. The minimum absolute atomic E-state index is 0.134. The van der Waals surface area contributed by atoms with E-state index in [2.05, 4.69) is 21.8 Å². The van der Waals surface area contributed by atoms with Crippen molar-refractivity contribution in [2.75, 3.05) is 26.8 Å². The zero-order valence-electron chi connectivity index (χ0n) is 17.0. The van der Waals surface area contributed by atoms with Crippen molar-refractivity contribution >= 4 is 17.3 Å². The van der Waals surface area contributed by atoms with Gasteiger partial charge in [-0.15, -0.1) is 11.3 Å². The Balaban J connectivity index is 1.81. The van der Waals surface area contributed by atoms with Crippen LogP contribution in [0.1, 0.15) is 31.0 Å². The Morgan fingerprint density at radius 2 is 2.10 bits per heavy atom. The highest BCUT2D eigenvalue weighted by atomic mass is 32.1. The van der Waals surface area contributed by atoms with Crippen molar-refractivity contribution < 1.29 is 27.4 Å². The maximum absolute atomic E-state index is 13.1. The largest absolute Gasteiger partial charge is 0.492 e. The van der Waals surface area contributed by atoms with E-state index in [0.717, 1.165) is 24.0 Å². The van der Waals surface area contributed by atoms with Crippen LogP contribution in [0, 0.1) is 11.8 Å². The number of alkyl halides is 3. The maximum Gasteiger partial charge on any atom is 0.433 e. The van der Waals surface area contributed by atoms with Gasteiger partial charge >= 0.3 is 12.1 Å². The van der Waals surface area contributed by atoms with Crippen LogP contribution in [0.4, 0.5) is 13.2 Å². The lowest BCUT2D eigenvalue weighted by atomic mass is 9.90. The monoisotopic (exact) mass is 443 g/mol. The Morgan fingerprint density at radius 3 is 2.77 bits per heavy atom. The molecule has 0 aliphatic carbocycles. The summed E-state index contributed by atoms with van der Waals surface area (Å²) in [6.45, 7) is 6.04. The highest BCUT2D eigenvalue weighted by Crippen LogP contribution is 2.37. The summed E-state index contributed by atoms with van der Waals surface area (Å²) < 4.78 is 49.7. The molecule has 3 heterocycles. The third-order valence-electron chi connectivity index (χ3n) is 4.86. The van der Waals surface area contributed by atoms with Crippen LogP contribution in [0.25, 0.3) is 10.6 Å². The molecule has 0 spiro atoms. The topological polar surface area (TPSA) is 64.6 Å². The number of halogens is 3. The second-order valence-electron chi connectivity index (χ2n) is 7.35. The molecule has 30 heavy (non-hydrogen) atoms. The number of esters is 1. The summed E-state index contributed by atoms with van der Waals surface area (Å²) in [6.07, 6.45) is -2.24. The smallest absolute Gasteiger partial charge is 0.433 e. The van der Waals surface area contributed by atoms with Gasteiger partial charge < -0.3 is 9.47 Å². The predicted molar refractivity (Wildman–Crippen MR) is 106 cm³/mol. The first-order valence-electron chi connectivity index (χ1n) is 9.67. The highest BCUT2D eigenvalue weighted by molar-refractivity contribution is 7.15. The summed E-state index contributed by atoms with van der Waals surface area (Å²) in [6, 6.07) is 2.21. The molecule has 0 radical (unpaired) electrons. The molecule has 0 amide bonds. The number of carbonyl (C=O) groups excluding carboxylic acids is 1. The molecule has 0 bridgehead atoms. The summed E-state index contributed by atoms with van der Waals surface area (Å²) in [4.78, 5) is 22.7. The standard InChI is InChI=1S/C20H24F3N3O3S/c1-4-29-14-5-6-16(20(21,22)23)25-18(14)15-8-24-17(30-15)11-26-9-12(2)7-13(10-26)19(27)28-3/h5-6,8,12-13H,4,7,9-11H2,1-3H3/t12?,13-/m1/s1.